The Labute approximate surface area is 190 Å². The van der Waals surface area contributed by atoms with Crippen LogP contribution in [0.5, 0.6) is 0 Å². The molecule has 6 nitrogen and oxygen atoms in total. The van der Waals surface area contributed by atoms with E-state index in [-0.39, 0.29) is 11.9 Å². The first-order chi connectivity index (χ1) is 14.3. The molecule has 0 bridgehead atoms. The van der Waals surface area contributed by atoms with Gasteiger partial charge in [0, 0.05) is 21.4 Å². The molecule has 2 atom stereocenters. The van der Waals surface area contributed by atoms with Crippen LogP contribution in [0.4, 0.5) is 5.69 Å². The number of hydrogen-bond acceptors (Lipinski definition) is 4. The van der Waals surface area contributed by atoms with Crippen molar-refractivity contribution in [3.63, 3.8) is 0 Å². The number of hydrogen-bond donors (Lipinski definition) is 2. The molecule has 0 saturated heterocycles. The third-order valence-corrected chi connectivity index (χ3v) is 6.27. The number of halogens is 2. The van der Waals surface area contributed by atoms with E-state index >= 15 is 0 Å². The average Bonchev–Trinajstić information content (AvgIpc) is 3.11. The number of anilines is 1. The molecule has 0 saturated carbocycles. The molecule has 1 heterocycles. The highest BCUT2D eigenvalue weighted by Gasteiger charge is 2.26. The number of nitrogens with one attached hydrogen (secondary N) is 2. The first-order valence-electron chi connectivity index (χ1n) is 9.50. The van der Waals surface area contributed by atoms with Crippen molar-refractivity contribution in [1.29, 1.82) is 0 Å². The van der Waals surface area contributed by atoms with Crippen molar-refractivity contribution in [2.75, 3.05) is 19.4 Å². The van der Waals surface area contributed by atoms with Gasteiger partial charge >= 0.3 is 0 Å². The molecule has 0 aliphatic heterocycles. The topological polar surface area (TPSA) is 64.2 Å². The summed E-state index contributed by atoms with van der Waals surface area (Å²) < 4.78 is 1.99. The van der Waals surface area contributed by atoms with E-state index in [0.29, 0.717) is 20.9 Å². The highest BCUT2D eigenvalue weighted by Crippen LogP contribution is 2.28. The molecule has 3 rings (SSSR count). The van der Waals surface area contributed by atoms with Gasteiger partial charge in [0.25, 0.3) is 0 Å². The number of carbonyl (C=O) groups is 1. The minimum absolute atomic E-state index is 0.109. The summed E-state index contributed by atoms with van der Waals surface area (Å²) in [6.45, 7) is 3.93. The Morgan fingerprint density at radius 3 is 2.40 bits per heavy atom. The summed E-state index contributed by atoms with van der Waals surface area (Å²) in [5, 5.41) is 13.2. The largest absolute Gasteiger partial charge is 0.331 e. The second-order valence-electron chi connectivity index (χ2n) is 7.21. The van der Waals surface area contributed by atoms with Gasteiger partial charge in [0.2, 0.25) is 5.91 Å². The lowest BCUT2D eigenvalue weighted by atomic mass is 10.2. The molecule has 0 spiro atoms. The third-order valence-electron chi connectivity index (χ3n) is 4.74. The van der Waals surface area contributed by atoms with Crippen molar-refractivity contribution < 1.29 is 9.69 Å². The van der Waals surface area contributed by atoms with Crippen LogP contribution in [0.1, 0.15) is 25.7 Å². The Hall–Kier alpha value is -2.06. The monoisotopic (exact) mass is 464 g/mol. The van der Waals surface area contributed by atoms with Crippen LogP contribution < -0.4 is 10.2 Å². The highest BCUT2D eigenvalue weighted by molar-refractivity contribution is 8.00. The minimum atomic E-state index is -0.394. The maximum Gasteiger partial charge on any atom is 0.237 e. The summed E-state index contributed by atoms with van der Waals surface area (Å²) in [5.41, 5.74) is 1.56. The smallest absolute Gasteiger partial charge is 0.237 e. The second kappa shape index (κ2) is 9.83. The molecule has 1 aromatic heterocycles. The fraction of sp³-hybridized carbons (Fsp3) is 0.286. The van der Waals surface area contributed by atoms with E-state index in [9.17, 15) is 4.79 Å². The highest BCUT2D eigenvalue weighted by atomic mass is 35.5. The number of thioether (sulfide) groups is 1. The zero-order chi connectivity index (χ0) is 21.8. The van der Waals surface area contributed by atoms with Crippen LogP contribution in [0.3, 0.4) is 0 Å². The number of rotatable bonds is 7. The van der Waals surface area contributed by atoms with Crippen LogP contribution in [-0.2, 0) is 4.79 Å². The summed E-state index contributed by atoms with van der Waals surface area (Å²) in [7, 11) is 4.14. The van der Waals surface area contributed by atoms with Crippen LogP contribution in [0.15, 0.2) is 53.7 Å². The summed E-state index contributed by atoms with van der Waals surface area (Å²) in [4.78, 5) is 13.9. The lowest BCUT2D eigenvalue weighted by molar-refractivity contribution is -0.890. The number of aromatic nitrogens is 3. The summed E-state index contributed by atoms with van der Waals surface area (Å²) in [5.74, 6) is 0.683. The molecule has 0 aliphatic rings. The standard InChI is InChI=1S/C21H23Cl2N5OS/c1-13(27(3)4)19-25-26-21(28(19)18-10-8-15(22)9-11-18)30-14(2)20(29)24-17-7-5-6-16(23)12-17/h5-14H,1-4H3,(H,24,29)/p+1/t13-,14+/m0/s1. The van der Waals surface area contributed by atoms with Gasteiger partial charge in [-0.15, -0.1) is 10.2 Å². The lowest BCUT2D eigenvalue weighted by Crippen LogP contribution is -3.05. The Morgan fingerprint density at radius 1 is 1.07 bits per heavy atom. The molecular formula is C21H24Cl2N5OS+. The van der Waals surface area contributed by atoms with Gasteiger partial charge in [0.05, 0.1) is 19.3 Å². The van der Waals surface area contributed by atoms with E-state index in [1.807, 2.05) is 35.8 Å². The van der Waals surface area contributed by atoms with Crippen molar-refractivity contribution in [2.45, 2.75) is 30.3 Å². The van der Waals surface area contributed by atoms with E-state index in [2.05, 4.69) is 36.5 Å². The lowest BCUT2D eigenvalue weighted by Gasteiger charge is -2.19. The quantitative estimate of drug-likeness (QED) is 0.520. The van der Waals surface area contributed by atoms with Crippen LogP contribution in [0.25, 0.3) is 5.69 Å². The fourth-order valence-electron chi connectivity index (χ4n) is 2.75. The number of nitrogens with zero attached hydrogens (tertiary/aromatic N) is 3. The van der Waals surface area contributed by atoms with Gasteiger partial charge < -0.3 is 10.2 Å². The van der Waals surface area contributed by atoms with Crippen LogP contribution in [0, 0.1) is 0 Å². The maximum atomic E-state index is 12.7. The molecule has 1 amide bonds. The minimum Gasteiger partial charge on any atom is -0.331 e. The zero-order valence-electron chi connectivity index (χ0n) is 17.2. The summed E-state index contributed by atoms with van der Waals surface area (Å²) in [6, 6.07) is 14.7. The van der Waals surface area contributed by atoms with Gasteiger partial charge in [0.1, 0.15) is 6.04 Å². The molecule has 2 aromatic carbocycles. The van der Waals surface area contributed by atoms with Crippen molar-refractivity contribution in [3.8, 4) is 5.69 Å². The molecule has 0 fully saturated rings. The van der Waals surface area contributed by atoms with E-state index in [1.54, 1.807) is 24.3 Å². The third kappa shape index (κ3) is 5.35. The van der Waals surface area contributed by atoms with Gasteiger partial charge in [-0.3, -0.25) is 9.36 Å². The van der Waals surface area contributed by atoms with Crippen LogP contribution in [0.2, 0.25) is 10.0 Å². The van der Waals surface area contributed by atoms with Gasteiger partial charge in [-0.2, -0.15) is 0 Å². The second-order valence-corrected chi connectivity index (χ2v) is 9.39. The average molecular weight is 465 g/mol. The zero-order valence-corrected chi connectivity index (χ0v) is 19.5. The predicted molar refractivity (Wildman–Crippen MR) is 123 cm³/mol. The first kappa shape index (κ1) is 22.6. The van der Waals surface area contributed by atoms with Crippen molar-refractivity contribution in [2.24, 2.45) is 0 Å². The van der Waals surface area contributed by atoms with E-state index in [1.165, 1.54) is 16.7 Å². The maximum absolute atomic E-state index is 12.7. The molecule has 0 radical (unpaired) electrons. The molecule has 3 aromatic rings. The molecule has 9 heteroatoms. The SMILES string of the molecule is C[C@@H](Sc1nnc([C@H](C)[NH+](C)C)n1-c1ccc(Cl)cc1)C(=O)Nc1cccc(Cl)c1. The summed E-state index contributed by atoms with van der Waals surface area (Å²) in [6.07, 6.45) is 0. The van der Waals surface area contributed by atoms with Crippen molar-refractivity contribution >= 4 is 46.6 Å². The van der Waals surface area contributed by atoms with Crippen molar-refractivity contribution in [1.82, 2.24) is 14.8 Å². The van der Waals surface area contributed by atoms with Crippen LogP contribution in [-0.4, -0.2) is 40.0 Å². The Morgan fingerprint density at radius 2 is 1.77 bits per heavy atom. The van der Waals surface area contributed by atoms with Crippen LogP contribution >= 0.6 is 35.0 Å². The number of carbonyl (C=O) groups excluding carboxylic acids is 1. The fourth-order valence-corrected chi connectivity index (χ4v) is 3.94. The number of quaternary nitrogens is 1. The van der Waals surface area contributed by atoms with Crippen molar-refractivity contribution in [3.05, 3.63) is 64.4 Å². The van der Waals surface area contributed by atoms with Gasteiger partial charge in [-0.25, -0.2) is 0 Å². The predicted octanol–water partition coefficient (Wildman–Crippen LogP) is 3.90. The number of amides is 1. The van der Waals surface area contributed by atoms with Gasteiger partial charge in [-0.05, 0) is 56.3 Å². The van der Waals surface area contributed by atoms with E-state index in [4.69, 9.17) is 23.2 Å². The van der Waals surface area contributed by atoms with Gasteiger partial charge in [0.15, 0.2) is 11.0 Å². The molecule has 0 aliphatic carbocycles. The number of benzene rings is 2. The molecule has 158 valence electrons. The normalized spacial score (nSPS) is 13.3. The Balaban J connectivity index is 1.87. The molecular weight excluding hydrogens is 441 g/mol. The molecule has 30 heavy (non-hydrogen) atoms. The molecule has 2 N–H and O–H groups in total. The van der Waals surface area contributed by atoms with E-state index < -0.39 is 5.25 Å². The molecule has 0 unspecified atom stereocenters. The van der Waals surface area contributed by atoms with E-state index in [0.717, 1.165) is 11.5 Å². The Kier molecular flexibility index (Phi) is 7.41. The summed E-state index contributed by atoms with van der Waals surface area (Å²) >= 11 is 13.4. The Bertz CT molecular complexity index is 1020. The first-order valence-corrected chi connectivity index (χ1v) is 11.1. The van der Waals surface area contributed by atoms with Gasteiger partial charge in [-0.1, -0.05) is 41.0 Å².